The van der Waals surface area contributed by atoms with Crippen molar-refractivity contribution in [3.8, 4) is 0 Å². The molecule has 0 radical (unpaired) electrons. The summed E-state index contributed by atoms with van der Waals surface area (Å²) >= 11 is 0. The molecular formula is C13H27N3O. The average molecular weight is 241 g/mol. The van der Waals surface area contributed by atoms with Gasteiger partial charge in [-0.3, -0.25) is 4.90 Å². The van der Waals surface area contributed by atoms with Crippen molar-refractivity contribution in [3.63, 3.8) is 0 Å². The minimum Gasteiger partial charge on any atom is -0.381 e. The fourth-order valence-corrected chi connectivity index (χ4v) is 3.13. The van der Waals surface area contributed by atoms with Crippen LogP contribution in [0.1, 0.15) is 19.8 Å². The molecule has 2 heterocycles. The monoisotopic (exact) mass is 241 g/mol. The number of ether oxygens (including phenoxy) is 1. The summed E-state index contributed by atoms with van der Waals surface area (Å²) in [5.41, 5.74) is 5.97. The van der Waals surface area contributed by atoms with Crippen LogP contribution in [-0.4, -0.2) is 68.3 Å². The quantitative estimate of drug-likeness (QED) is 0.755. The van der Waals surface area contributed by atoms with Crippen molar-refractivity contribution in [1.82, 2.24) is 9.80 Å². The lowest BCUT2D eigenvalue weighted by Gasteiger charge is -2.40. The first-order valence-electron chi connectivity index (χ1n) is 7.09. The molecule has 0 spiro atoms. The summed E-state index contributed by atoms with van der Waals surface area (Å²) in [5, 5.41) is 0. The van der Waals surface area contributed by atoms with Gasteiger partial charge in [0.15, 0.2) is 0 Å². The van der Waals surface area contributed by atoms with Crippen molar-refractivity contribution in [2.45, 2.75) is 25.8 Å². The van der Waals surface area contributed by atoms with E-state index >= 15 is 0 Å². The van der Waals surface area contributed by atoms with Gasteiger partial charge in [0.25, 0.3) is 0 Å². The highest BCUT2D eigenvalue weighted by Crippen LogP contribution is 2.21. The maximum Gasteiger partial charge on any atom is 0.0510 e. The largest absolute Gasteiger partial charge is 0.381 e. The van der Waals surface area contributed by atoms with Crippen LogP contribution in [0.4, 0.5) is 0 Å². The highest BCUT2D eigenvalue weighted by atomic mass is 16.5. The number of hydrogen-bond acceptors (Lipinski definition) is 4. The van der Waals surface area contributed by atoms with Gasteiger partial charge in [-0.05, 0) is 19.4 Å². The van der Waals surface area contributed by atoms with E-state index in [1.54, 1.807) is 0 Å². The van der Waals surface area contributed by atoms with Crippen LogP contribution in [0.5, 0.6) is 0 Å². The maximum absolute atomic E-state index is 5.97. The van der Waals surface area contributed by atoms with Gasteiger partial charge in [-0.15, -0.1) is 0 Å². The zero-order valence-electron chi connectivity index (χ0n) is 11.1. The molecule has 0 saturated carbocycles. The topological polar surface area (TPSA) is 41.7 Å². The van der Waals surface area contributed by atoms with Gasteiger partial charge in [0.05, 0.1) is 6.61 Å². The first-order valence-corrected chi connectivity index (χ1v) is 7.09. The van der Waals surface area contributed by atoms with Crippen molar-refractivity contribution in [2.75, 3.05) is 52.5 Å². The highest BCUT2D eigenvalue weighted by Gasteiger charge is 2.31. The summed E-state index contributed by atoms with van der Waals surface area (Å²) in [4.78, 5) is 5.15. The molecule has 2 unspecified atom stereocenters. The molecular weight excluding hydrogens is 214 g/mol. The van der Waals surface area contributed by atoms with Crippen molar-refractivity contribution in [2.24, 2.45) is 11.7 Å². The summed E-state index contributed by atoms with van der Waals surface area (Å²) < 4.78 is 5.50. The van der Waals surface area contributed by atoms with Gasteiger partial charge in [-0.1, -0.05) is 6.92 Å². The van der Waals surface area contributed by atoms with Crippen molar-refractivity contribution >= 4 is 0 Å². The van der Waals surface area contributed by atoms with Gasteiger partial charge in [0.1, 0.15) is 0 Å². The fourth-order valence-electron chi connectivity index (χ4n) is 3.13. The number of piperazine rings is 1. The molecule has 17 heavy (non-hydrogen) atoms. The second-order valence-electron chi connectivity index (χ2n) is 5.30. The molecule has 2 saturated heterocycles. The Kier molecular flexibility index (Phi) is 5.22. The standard InChI is InChI=1S/C13H27N3O/c1-2-4-15-5-7-16(8-6-15)13(10-14)12-3-9-17-11-12/h12-13H,2-11,14H2,1H3. The number of nitrogens with zero attached hydrogens (tertiary/aromatic N) is 2. The predicted octanol–water partition coefficient (Wildman–Crippen LogP) is 0.378. The Morgan fingerprint density at radius 2 is 2.06 bits per heavy atom. The van der Waals surface area contributed by atoms with E-state index in [1.807, 2.05) is 0 Å². The summed E-state index contributed by atoms with van der Waals surface area (Å²) in [6.07, 6.45) is 2.45. The molecule has 2 aliphatic heterocycles. The van der Waals surface area contributed by atoms with Crippen molar-refractivity contribution < 1.29 is 4.74 Å². The molecule has 0 bridgehead atoms. The Morgan fingerprint density at radius 3 is 2.59 bits per heavy atom. The van der Waals surface area contributed by atoms with Crippen molar-refractivity contribution in [3.05, 3.63) is 0 Å². The summed E-state index contributed by atoms with van der Waals surface area (Å²) in [6, 6.07) is 0.543. The molecule has 0 amide bonds. The molecule has 2 aliphatic rings. The molecule has 2 atom stereocenters. The average Bonchev–Trinajstić information content (AvgIpc) is 2.86. The third-order valence-corrected chi connectivity index (χ3v) is 4.17. The molecule has 0 aromatic rings. The van der Waals surface area contributed by atoms with Crippen LogP contribution in [0.15, 0.2) is 0 Å². The Balaban J connectivity index is 1.81. The van der Waals surface area contributed by atoms with Crippen LogP contribution >= 0.6 is 0 Å². The molecule has 0 aliphatic carbocycles. The van der Waals surface area contributed by atoms with E-state index in [9.17, 15) is 0 Å². The van der Waals surface area contributed by atoms with Crippen LogP contribution in [0.2, 0.25) is 0 Å². The fraction of sp³-hybridized carbons (Fsp3) is 1.00. The number of nitrogens with two attached hydrogens (primary N) is 1. The maximum atomic E-state index is 5.97. The van der Waals surface area contributed by atoms with E-state index in [-0.39, 0.29) is 0 Å². The van der Waals surface area contributed by atoms with E-state index in [1.165, 1.54) is 45.6 Å². The molecule has 4 heteroatoms. The summed E-state index contributed by atoms with van der Waals surface area (Å²) in [5.74, 6) is 0.665. The molecule has 0 aromatic carbocycles. The SMILES string of the molecule is CCCN1CCN(C(CN)C2CCOC2)CC1. The Bertz CT molecular complexity index is 211. The lowest BCUT2D eigenvalue weighted by atomic mass is 9.97. The van der Waals surface area contributed by atoms with Crippen LogP contribution in [0.3, 0.4) is 0 Å². The van der Waals surface area contributed by atoms with E-state index in [0.717, 1.165) is 19.8 Å². The molecule has 4 nitrogen and oxygen atoms in total. The van der Waals surface area contributed by atoms with Gasteiger partial charge >= 0.3 is 0 Å². The Labute approximate surface area is 105 Å². The van der Waals surface area contributed by atoms with E-state index in [4.69, 9.17) is 10.5 Å². The molecule has 0 aromatic heterocycles. The first-order chi connectivity index (χ1) is 8.35. The lowest BCUT2D eigenvalue weighted by Crippen LogP contribution is -2.54. The van der Waals surface area contributed by atoms with Crippen LogP contribution in [-0.2, 0) is 4.74 Å². The smallest absolute Gasteiger partial charge is 0.0510 e. The van der Waals surface area contributed by atoms with Gasteiger partial charge in [-0.25, -0.2) is 0 Å². The minimum atomic E-state index is 0.543. The van der Waals surface area contributed by atoms with E-state index < -0.39 is 0 Å². The highest BCUT2D eigenvalue weighted by molar-refractivity contribution is 4.85. The van der Waals surface area contributed by atoms with Gasteiger partial charge < -0.3 is 15.4 Å². The predicted molar refractivity (Wildman–Crippen MR) is 70.1 cm³/mol. The van der Waals surface area contributed by atoms with Gasteiger partial charge in [0.2, 0.25) is 0 Å². The Morgan fingerprint density at radius 1 is 1.29 bits per heavy atom. The molecule has 2 rings (SSSR count). The van der Waals surface area contributed by atoms with Crippen LogP contribution in [0.25, 0.3) is 0 Å². The molecule has 2 N–H and O–H groups in total. The minimum absolute atomic E-state index is 0.543. The van der Waals surface area contributed by atoms with Gasteiger partial charge in [0, 0.05) is 51.3 Å². The lowest BCUT2D eigenvalue weighted by molar-refractivity contribution is 0.0670. The van der Waals surface area contributed by atoms with Gasteiger partial charge in [-0.2, -0.15) is 0 Å². The number of rotatable bonds is 5. The molecule has 100 valence electrons. The Hall–Kier alpha value is -0.160. The number of hydrogen-bond donors (Lipinski definition) is 1. The van der Waals surface area contributed by atoms with Crippen LogP contribution < -0.4 is 5.73 Å². The molecule has 2 fully saturated rings. The second-order valence-corrected chi connectivity index (χ2v) is 5.30. The van der Waals surface area contributed by atoms with Crippen LogP contribution in [0, 0.1) is 5.92 Å². The third-order valence-electron chi connectivity index (χ3n) is 4.17. The zero-order valence-corrected chi connectivity index (χ0v) is 11.1. The first kappa shape index (κ1) is 13.3. The normalized spacial score (nSPS) is 29.6. The summed E-state index contributed by atoms with van der Waals surface area (Å²) in [6.45, 7) is 10.9. The summed E-state index contributed by atoms with van der Waals surface area (Å²) in [7, 11) is 0. The second kappa shape index (κ2) is 6.69. The zero-order chi connectivity index (χ0) is 12.1. The van der Waals surface area contributed by atoms with E-state index in [0.29, 0.717) is 12.0 Å². The third kappa shape index (κ3) is 3.41. The van der Waals surface area contributed by atoms with E-state index in [2.05, 4.69) is 16.7 Å². The van der Waals surface area contributed by atoms with Crippen molar-refractivity contribution in [1.29, 1.82) is 0 Å².